The maximum atomic E-state index is 10.9. The monoisotopic (exact) mass is 291 g/mol. The lowest BCUT2D eigenvalue weighted by atomic mass is 10.2. The smallest absolute Gasteiger partial charge is 0.330 e. The first-order valence-electron chi connectivity index (χ1n) is 6.07. The number of benzene rings is 1. The van der Waals surface area contributed by atoms with Crippen LogP contribution in [0.15, 0.2) is 18.2 Å². The molecule has 0 aliphatic rings. The third kappa shape index (κ3) is 3.32. The number of hydrogen-bond acceptors (Lipinski definition) is 8. The van der Waals surface area contributed by atoms with Crippen LogP contribution in [-0.4, -0.2) is 26.5 Å². The van der Waals surface area contributed by atoms with Crippen molar-refractivity contribution in [2.75, 3.05) is 12.3 Å². The van der Waals surface area contributed by atoms with Gasteiger partial charge in [-0.15, -0.1) is 4.98 Å². The van der Waals surface area contributed by atoms with Gasteiger partial charge in [0.25, 0.3) is 5.69 Å². The van der Waals surface area contributed by atoms with Crippen LogP contribution in [0, 0.1) is 17.0 Å². The highest BCUT2D eigenvalue weighted by Crippen LogP contribution is 2.30. The zero-order chi connectivity index (χ0) is 15.4. The fourth-order valence-corrected chi connectivity index (χ4v) is 1.60. The maximum Gasteiger partial charge on any atom is 0.330 e. The lowest BCUT2D eigenvalue weighted by molar-refractivity contribution is -0.385. The summed E-state index contributed by atoms with van der Waals surface area (Å²) in [6, 6.07) is 4.41. The van der Waals surface area contributed by atoms with E-state index in [0.717, 1.165) is 0 Å². The highest BCUT2D eigenvalue weighted by atomic mass is 16.6. The molecular formula is C12H13N5O4. The van der Waals surface area contributed by atoms with Crippen LogP contribution >= 0.6 is 0 Å². The molecule has 0 spiro atoms. The van der Waals surface area contributed by atoms with E-state index < -0.39 is 4.92 Å². The molecule has 0 radical (unpaired) electrons. The lowest BCUT2D eigenvalue weighted by Gasteiger charge is -2.08. The topological polar surface area (TPSA) is 126 Å². The van der Waals surface area contributed by atoms with E-state index in [4.69, 9.17) is 15.2 Å². The second-order valence-corrected chi connectivity index (χ2v) is 3.95. The quantitative estimate of drug-likeness (QED) is 0.653. The molecule has 0 bridgehead atoms. The first-order valence-corrected chi connectivity index (χ1v) is 6.07. The van der Waals surface area contributed by atoms with E-state index in [1.807, 2.05) is 0 Å². The van der Waals surface area contributed by atoms with E-state index in [2.05, 4.69) is 15.0 Å². The molecule has 0 saturated heterocycles. The number of anilines is 1. The Bertz CT molecular complexity index is 677. The molecule has 21 heavy (non-hydrogen) atoms. The average Bonchev–Trinajstić information content (AvgIpc) is 2.40. The molecule has 9 nitrogen and oxygen atoms in total. The zero-order valence-corrected chi connectivity index (χ0v) is 11.4. The summed E-state index contributed by atoms with van der Waals surface area (Å²) < 4.78 is 10.6. The molecule has 0 atom stereocenters. The second-order valence-electron chi connectivity index (χ2n) is 3.95. The molecule has 2 rings (SSSR count). The number of ether oxygens (including phenoxy) is 2. The van der Waals surface area contributed by atoms with Gasteiger partial charge in [-0.1, -0.05) is 6.07 Å². The summed E-state index contributed by atoms with van der Waals surface area (Å²) in [5.41, 5.74) is 5.83. The molecular weight excluding hydrogens is 278 g/mol. The van der Waals surface area contributed by atoms with Gasteiger partial charge in [-0.05, 0) is 19.9 Å². The van der Waals surface area contributed by atoms with Crippen LogP contribution in [-0.2, 0) is 0 Å². The van der Waals surface area contributed by atoms with Crippen LogP contribution in [0.25, 0.3) is 0 Å². The highest BCUT2D eigenvalue weighted by molar-refractivity contribution is 5.49. The van der Waals surface area contributed by atoms with Gasteiger partial charge in [-0.2, -0.15) is 9.97 Å². The van der Waals surface area contributed by atoms with Crippen molar-refractivity contribution in [3.63, 3.8) is 0 Å². The van der Waals surface area contributed by atoms with Crippen molar-refractivity contribution in [2.45, 2.75) is 13.8 Å². The SMILES string of the molecule is CCOc1nc(N)nc(Oc2cccc([N+](=O)[O-])c2C)n1. The average molecular weight is 291 g/mol. The standard InChI is InChI=1S/C12H13N5O4/c1-3-20-11-14-10(13)15-12(16-11)21-9-6-4-5-8(7(9)2)17(18)19/h4-6H,3H2,1-2H3,(H2,13,14,15,16). The van der Waals surface area contributed by atoms with Crippen molar-refractivity contribution in [3.8, 4) is 17.8 Å². The Morgan fingerprint density at radius 3 is 2.67 bits per heavy atom. The van der Waals surface area contributed by atoms with Crippen LogP contribution in [0.4, 0.5) is 11.6 Å². The van der Waals surface area contributed by atoms with Crippen LogP contribution < -0.4 is 15.2 Å². The van der Waals surface area contributed by atoms with Gasteiger partial charge < -0.3 is 15.2 Å². The highest BCUT2D eigenvalue weighted by Gasteiger charge is 2.16. The molecule has 0 saturated carbocycles. The number of nitrogen functional groups attached to an aromatic ring is 1. The van der Waals surface area contributed by atoms with E-state index in [1.54, 1.807) is 19.9 Å². The zero-order valence-electron chi connectivity index (χ0n) is 11.4. The Hall–Kier alpha value is -2.97. The Morgan fingerprint density at radius 2 is 2.00 bits per heavy atom. The Morgan fingerprint density at radius 1 is 1.29 bits per heavy atom. The molecule has 9 heteroatoms. The van der Waals surface area contributed by atoms with E-state index in [0.29, 0.717) is 12.2 Å². The molecule has 110 valence electrons. The molecule has 0 amide bonds. The number of nitro benzene ring substituents is 1. The molecule has 0 aliphatic heterocycles. The summed E-state index contributed by atoms with van der Waals surface area (Å²) in [7, 11) is 0. The first kappa shape index (κ1) is 14.4. The first-order chi connectivity index (χ1) is 10.0. The number of nitrogens with zero attached hydrogens (tertiary/aromatic N) is 4. The second kappa shape index (κ2) is 5.99. The van der Waals surface area contributed by atoms with Gasteiger partial charge in [0.1, 0.15) is 5.75 Å². The Balaban J connectivity index is 2.34. The summed E-state index contributed by atoms with van der Waals surface area (Å²) in [6.45, 7) is 3.70. The largest absolute Gasteiger partial charge is 0.464 e. The molecule has 0 aliphatic carbocycles. The lowest BCUT2D eigenvalue weighted by Crippen LogP contribution is -2.05. The normalized spacial score (nSPS) is 10.2. The summed E-state index contributed by atoms with van der Waals surface area (Å²) in [4.78, 5) is 21.9. The van der Waals surface area contributed by atoms with Crippen LogP contribution in [0.3, 0.4) is 0 Å². The van der Waals surface area contributed by atoms with Crippen molar-refractivity contribution in [1.29, 1.82) is 0 Å². The van der Waals surface area contributed by atoms with E-state index in [-0.39, 0.29) is 29.4 Å². The number of nitro groups is 1. The predicted octanol–water partition coefficient (Wildman–Crippen LogP) is 1.86. The molecule has 1 aromatic carbocycles. The van der Waals surface area contributed by atoms with Crippen LogP contribution in [0.1, 0.15) is 12.5 Å². The van der Waals surface area contributed by atoms with Gasteiger partial charge in [0.2, 0.25) is 5.95 Å². The summed E-state index contributed by atoms with van der Waals surface area (Å²) in [6.07, 6.45) is 0. The number of hydrogen-bond donors (Lipinski definition) is 1. The maximum absolute atomic E-state index is 10.9. The molecule has 1 aromatic heterocycles. The van der Waals surface area contributed by atoms with E-state index >= 15 is 0 Å². The van der Waals surface area contributed by atoms with Gasteiger partial charge in [0.15, 0.2) is 0 Å². The van der Waals surface area contributed by atoms with E-state index in [1.165, 1.54) is 12.1 Å². The van der Waals surface area contributed by atoms with E-state index in [9.17, 15) is 10.1 Å². The minimum absolute atomic E-state index is 0.0306. The van der Waals surface area contributed by atoms with Gasteiger partial charge in [-0.25, -0.2) is 0 Å². The summed E-state index contributed by atoms with van der Waals surface area (Å²) >= 11 is 0. The number of rotatable bonds is 5. The Kier molecular flexibility index (Phi) is 4.12. The fourth-order valence-electron chi connectivity index (χ4n) is 1.60. The third-order valence-corrected chi connectivity index (χ3v) is 2.54. The third-order valence-electron chi connectivity index (χ3n) is 2.54. The van der Waals surface area contributed by atoms with Crippen molar-refractivity contribution >= 4 is 11.6 Å². The number of nitrogens with two attached hydrogens (primary N) is 1. The van der Waals surface area contributed by atoms with Crippen molar-refractivity contribution in [1.82, 2.24) is 15.0 Å². The van der Waals surface area contributed by atoms with Crippen molar-refractivity contribution in [3.05, 3.63) is 33.9 Å². The van der Waals surface area contributed by atoms with Crippen molar-refractivity contribution in [2.24, 2.45) is 0 Å². The molecule has 1 heterocycles. The van der Waals surface area contributed by atoms with Crippen LogP contribution in [0.5, 0.6) is 17.8 Å². The summed E-state index contributed by atoms with van der Waals surface area (Å²) in [5.74, 6) is 0.198. The van der Waals surface area contributed by atoms with Crippen molar-refractivity contribution < 1.29 is 14.4 Å². The molecule has 0 unspecified atom stereocenters. The number of aromatic nitrogens is 3. The minimum atomic E-state index is -0.490. The summed E-state index contributed by atoms with van der Waals surface area (Å²) in [5, 5.41) is 10.9. The molecule has 2 aromatic rings. The molecule has 0 fully saturated rings. The minimum Gasteiger partial charge on any atom is -0.464 e. The van der Waals surface area contributed by atoms with Gasteiger partial charge in [-0.3, -0.25) is 10.1 Å². The fraction of sp³-hybridized carbons (Fsp3) is 0.250. The van der Waals surface area contributed by atoms with Crippen LogP contribution in [0.2, 0.25) is 0 Å². The van der Waals surface area contributed by atoms with Gasteiger partial charge in [0.05, 0.1) is 17.1 Å². The molecule has 2 N–H and O–H groups in total. The van der Waals surface area contributed by atoms with Gasteiger partial charge in [0, 0.05) is 6.07 Å². The van der Waals surface area contributed by atoms with Gasteiger partial charge >= 0.3 is 12.0 Å². The Labute approximate surface area is 119 Å². The predicted molar refractivity (Wildman–Crippen MR) is 73.3 cm³/mol.